The number of rotatable bonds is 8. The Labute approximate surface area is 198 Å². The Balaban J connectivity index is 1.58. The second-order valence-electron chi connectivity index (χ2n) is 8.21. The van der Waals surface area contributed by atoms with E-state index in [9.17, 15) is 23.7 Å². The van der Waals surface area contributed by atoms with Gasteiger partial charge in [-0.1, -0.05) is 23.7 Å². The van der Waals surface area contributed by atoms with Crippen molar-refractivity contribution in [1.29, 1.82) is 0 Å². The third kappa shape index (κ3) is 5.17. The van der Waals surface area contributed by atoms with E-state index in [-0.39, 0.29) is 34.6 Å². The third-order valence-electron chi connectivity index (χ3n) is 5.38. The molecule has 11 heteroatoms. The molecule has 1 N–H and O–H groups in total. The number of hydrogen-bond donors (Lipinski definition) is 1. The van der Waals surface area contributed by atoms with E-state index in [1.807, 2.05) is 26.0 Å². The number of nitrogens with zero attached hydrogens (tertiary/aromatic N) is 3. The van der Waals surface area contributed by atoms with Gasteiger partial charge in [-0.2, -0.15) is 5.10 Å². The predicted octanol–water partition coefficient (Wildman–Crippen LogP) is 6.31. The van der Waals surface area contributed by atoms with Gasteiger partial charge >= 0.3 is 0 Å². The molecule has 1 amide bonds. The van der Waals surface area contributed by atoms with Crippen molar-refractivity contribution < 1.29 is 23.2 Å². The summed E-state index contributed by atoms with van der Waals surface area (Å²) in [5.74, 6) is 0.0762. The molecule has 1 heterocycles. The molecule has 1 fully saturated rings. The smallest absolute Gasteiger partial charge is 0.283 e. The molecule has 0 atom stereocenters. The van der Waals surface area contributed by atoms with Crippen molar-refractivity contribution in [2.45, 2.75) is 45.6 Å². The fraction of sp³-hybridized carbons (Fsp3) is 0.304. The van der Waals surface area contributed by atoms with Crippen molar-refractivity contribution in [3.05, 3.63) is 74.0 Å². The summed E-state index contributed by atoms with van der Waals surface area (Å²) in [7, 11) is 0. The molecule has 1 aromatic heterocycles. The monoisotopic (exact) mass is 490 g/mol. The maximum atomic E-state index is 13.2. The highest BCUT2D eigenvalue weighted by Gasteiger charge is 2.34. The van der Waals surface area contributed by atoms with Crippen LogP contribution in [0.2, 0.25) is 5.02 Å². The Hall–Kier alpha value is -3.53. The zero-order chi connectivity index (χ0) is 24.6. The zero-order valence-electron chi connectivity index (χ0n) is 18.3. The molecule has 0 aliphatic heterocycles. The quantitative estimate of drug-likeness (QED) is 0.295. The summed E-state index contributed by atoms with van der Waals surface area (Å²) < 4.78 is 33.5. The minimum Gasteiger partial charge on any atom is -0.457 e. The van der Waals surface area contributed by atoms with Gasteiger partial charge in [-0.05, 0) is 43.9 Å². The van der Waals surface area contributed by atoms with Crippen molar-refractivity contribution >= 4 is 28.9 Å². The van der Waals surface area contributed by atoms with Gasteiger partial charge < -0.3 is 10.1 Å². The summed E-state index contributed by atoms with van der Waals surface area (Å²) in [6.07, 6.45) is -1.31. The number of aryl methyl sites for hydroxylation is 2. The van der Waals surface area contributed by atoms with Crippen molar-refractivity contribution in [2.24, 2.45) is 0 Å². The summed E-state index contributed by atoms with van der Waals surface area (Å²) in [6.45, 7) is 3.37. The number of non-ortho nitro benzene ring substituents is 1. The van der Waals surface area contributed by atoms with Crippen molar-refractivity contribution in [2.75, 3.05) is 5.32 Å². The molecule has 2 aromatic carbocycles. The third-order valence-corrected chi connectivity index (χ3v) is 5.76. The average Bonchev–Trinajstić information content (AvgIpc) is 3.53. The number of anilines is 1. The lowest BCUT2D eigenvalue weighted by Crippen LogP contribution is -2.21. The number of nitrogens with one attached hydrogen (secondary N) is 1. The predicted molar refractivity (Wildman–Crippen MR) is 122 cm³/mol. The summed E-state index contributed by atoms with van der Waals surface area (Å²) in [5, 5.41) is 17.7. The van der Waals surface area contributed by atoms with Crippen LogP contribution in [0.4, 0.5) is 20.2 Å². The average molecular weight is 491 g/mol. The number of hydrogen-bond acceptors (Lipinski definition) is 5. The second-order valence-corrected chi connectivity index (χ2v) is 8.59. The molecular weight excluding hydrogens is 470 g/mol. The van der Waals surface area contributed by atoms with Gasteiger partial charge in [0.05, 0.1) is 27.4 Å². The number of benzene rings is 2. The number of carbonyl (C=O) groups is 1. The highest BCUT2D eigenvalue weighted by molar-refractivity contribution is 6.32. The van der Waals surface area contributed by atoms with E-state index in [1.165, 1.54) is 22.9 Å². The minimum absolute atomic E-state index is 0.0179. The van der Waals surface area contributed by atoms with Crippen LogP contribution in [0.5, 0.6) is 11.5 Å². The highest BCUT2D eigenvalue weighted by atomic mass is 35.5. The number of carbonyl (C=O) groups excluding carboxylic acids is 1. The van der Waals surface area contributed by atoms with Crippen LogP contribution in [0.15, 0.2) is 36.4 Å². The van der Waals surface area contributed by atoms with Crippen molar-refractivity contribution in [3.63, 3.8) is 0 Å². The first kappa shape index (κ1) is 23.6. The molecule has 0 unspecified atom stereocenters. The first-order valence-corrected chi connectivity index (χ1v) is 10.9. The lowest BCUT2D eigenvalue weighted by molar-refractivity contribution is -0.384. The van der Waals surface area contributed by atoms with E-state index in [0.29, 0.717) is 11.4 Å². The molecule has 34 heavy (non-hydrogen) atoms. The minimum atomic E-state index is -2.86. The van der Waals surface area contributed by atoms with Gasteiger partial charge in [-0.3, -0.25) is 19.6 Å². The number of alkyl halides is 2. The molecule has 178 valence electrons. The van der Waals surface area contributed by atoms with E-state index >= 15 is 0 Å². The summed E-state index contributed by atoms with van der Waals surface area (Å²) in [6, 6.07) is 9.48. The molecule has 8 nitrogen and oxygen atoms in total. The van der Waals surface area contributed by atoms with Crippen LogP contribution < -0.4 is 10.1 Å². The first-order chi connectivity index (χ1) is 16.1. The number of amides is 1. The van der Waals surface area contributed by atoms with Crippen LogP contribution in [0.1, 0.15) is 47.7 Å². The molecular formula is C23H21ClF2N4O4. The standard InChI is InChI=1S/C23H21ClF2N4O4/c1-12-3-4-13(2)18(7-12)34-17-9-15(8-16(10-17)30(32)33)27-19(31)11-29-22(14-5-6-14)20(24)21(28-29)23(25)26/h3-4,7-10,14,23H,5-6,11H2,1-2H3,(H,27,31). The van der Waals surface area contributed by atoms with Gasteiger partial charge in [0, 0.05) is 18.1 Å². The second kappa shape index (κ2) is 9.38. The SMILES string of the molecule is Cc1ccc(C)c(Oc2cc(NC(=O)Cn3nc(C(F)F)c(Cl)c3C3CC3)cc([N+](=O)[O-])c2)c1. The number of aromatic nitrogens is 2. The lowest BCUT2D eigenvalue weighted by Gasteiger charge is -2.12. The van der Waals surface area contributed by atoms with Crippen molar-refractivity contribution in [3.8, 4) is 11.5 Å². The molecule has 1 saturated carbocycles. The maximum absolute atomic E-state index is 13.2. The van der Waals surface area contributed by atoms with Crippen LogP contribution in [0, 0.1) is 24.0 Å². The highest BCUT2D eigenvalue weighted by Crippen LogP contribution is 2.45. The Morgan fingerprint density at radius 1 is 1.29 bits per heavy atom. The van der Waals surface area contributed by atoms with E-state index in [1.54, 1.807) is 6.07 Å². The van der Waals surface area contributed by atoms with Gasteiger partial charge in [-0.15, -0.1) is 0 Å². The summed E-state index contributed by atoms with van der Waals surface area (Å²) >= 11 is 6.09. The van der Waals surface area contributed by atoms with Crippen LogP contribution in [0.25, 0.3) is 0 Å². The van der Waals surface area contributed by atoms with E-state index < -0.39 is 22.9 Å². The summed E-state index contributed by atoms with van der Waals surface area (Å²) in [4.78, 5) is 23.5. The van der Waals surface area contributed by atoms with E-state index in [2.05, 4.69) is 10.4 Å². The lowest BCUT2D eigenvalue weighted by atomic mass is 10.1. The maximum Gasteiger partial charge on any atom is 0.283 e. The molecule has 0 spiro atoms. The Morgan fingerprint density at radius 3 is 2.68 bits per heavy atom. The molecule has 1 aliphatic carbocycles. The van der Waals surface area contributed by atoms with Gasteiger partial charge in [0.2, 0.25) is 5.91 Å². The normalized spacial score (nSPS) is 13.2. The first-order valence-electron chi connectivity index (χ1n) is 10.5. The molecule has 0 radical (unpaired) electrons. The fourth-order valence-corrected chi connectivity index (χ4v) is 3.95. The van der Waals surface area contributed by atoms with Crippen LogP contribution >= 0.6 is 11.6 Å². The Bertz CT molecular complexity index is 1270. The Kier molecular flexibility index (Phi) is 6.52. The summed E-state index contributed by atoms with van der Waals surface area (Å²) in [5.41, 5.74) is 1.48. The van der Waals surface area contributed by atoms with Gasteiger partial charge in [-0.25, -0.2) is 8.78 Å². The van der Waals surface area contributed by atoms with Crippen LogP contribution in [0.3, 0.4) is 0 Å². The van der Waals surface area contributed by atoms with Gasteiger partial charge in [0.1, 0.15) is 23.7 Å². The van der Waals surface area contributed by atoms with Crippen molar-refractivity contribution in [1.82, 2.24) is 9.78 Å². The zero-order valence-corrected chi connectivity index (χ0v) is 19.1. The molecule has 0 bridgehead atoms. The molecule has 0 saturated heterocycles. The Morgan fingerprint density at radius 2 is 2.03 bits per heavy atom. The fourth-order valence-electron chi connectivity index (χ4n) is 3.58. The van der Waals surface area contributed by atoms with Crippen LogP contribution in [-0.2, 0) is 11.3 Å². The molecule has 3 aromatic rings. The van der Waals surface area contributed by atoms with E-state index in [4.69, 9.17) is 16.3 Å². The molecule has 4 rings (SSSR count). The van der Waals surface area contributed by atoms with Crippen LogP contribution in [-0.4, -0.2) is 20.6 Å². The topological polar surface area (TPSA) is 99.3 Å². The van der Waals surface area contributed by atoms with Gasteiger partial charge in [0.25, 0.3) is 12.1 Å². The molecule has 1 aliphatic rings. The number of nitro groups is 1. The van der Waals surface area contributed by atoms with E-state index in [0.717, 1.165) is 24.0 Å². The van der Waals surface area contributed by atoms with Gasteiger partial charge in [0.15, 0.2) is 0 Å². The largest absolute Gasteiger partial charge is 0.457 e. The number of ether oxygens (including phenoxy) is 1. The number of nitro benzene ring substituents is 1. The number of halogens is 3.